The number of methoxy groups -OCH3 is 1. The number of hydrogen-bond acceptors (Lipinski definition) is 18. The predicted molar refractivity (Wildman–Crippen MR) is 255 cm³/mol. The number of pyridine rings is 2. The second kappa shape index (κ2) is 22.0. The summed E-state index contributed by atoms with van der Waals surface area (Å²) in [7, 11) is -2.84. The number of aromatic nitrogens is 6. The van der Waals surface area contributed by atoms with Crippen LogP contribution in [0.1, 0.15) is 53.7 Å². The lowest BCUT2D eigenvalue weighted by atomic mass is 10.2. The smallest absolute Gasteiger partial charge is 0.459 e. The van der Waals surface area contributed by atoms with Gasteiger partial charge in [0, 0.05) is 46.6 Å². The number of anilines is 4. The largest absolute Gasteiger partial charge is 0.468 e. The molecule has 1 unspecified atom stereocenters. The fraction of sp³-hybridized carbons (Fsp3) is 0.349. The molecule has 7 heterocycles. The fourth-order valence-corrected chi connectivity index (χ4v) is 9.51. The lowest BCUT2D eigenvalue weighted by Gasteiger charge is -2.24. The van der Waals surface area contributed by atoms with E-state index in [0.717, 1.165) is 34.4 Å². The number of nitrogens with one attached hydrogen (secondary N) is 3. The van der Waals surface area contributed by atoms with Gasteiger partial charge in [0.2, 0.25) is 0 Å². The summed E-state index contributed by atoms with van der Waals surface area (Å²) in [5.41, 5.74) is 6.34. The summed E-state index contributed by atoms with van der Waals surface area (Å²) >= 11 is 4.77. The summed E-state index contributed by atoms with van der Waals surface area (Å²) in [5, 5.41) is 14.4. The van der Waals surface area contributed by atoms with Crippen LogP contribution >= 0.6 is 35.4 Å². The first-order valence-corrected chi connectivity index (χ1v) is 24.4. The summed E-state index contributed by atoms with van der Waals surface area (Å²) < 4.78 is 43.7. The summed E-state index contributed by atoms with van der Waals surface area (Å²) in [6, 6.07) is 13.0. The SMILES string of the molecule is COC(=O)[C@H](C)NP(=O)(OC[C@@H]1C=C[C@H](n2cc(C)c(=O)[nH]c2=O)O1)Oc1ccc(Br)cc1.Cc1ccnc2c1NC(=O)c1cccnc1N2C1CC1.Nc1ccn([C@@H]2CS[C@H](CO)O2)c(=O)n1. The summed E-state index contributed by atoms with van der Waals surface area (Å²) in [6.45, 7) is 4.74. The number of carbonyl (C=O) groups excluding carboxylic acids is 2. The van der Waals surface area contributed by atoms with E-state index in [0.29, 0.717) is 28.7 Å². The van der Waals surface area contributed by atoms with Crippen molar-refractivity contribution in [1.82, 2.24) is 34.2 Å². The zero-order chi connectivity index (χ0) is 48.7. The molecule has 1 aliphatic carbocycles. The molecule has 3 aliphatic heterocycles. The summed E-state index contributed by atoms with van der Waals surface area (Å²) in [4.78, 5) is 76.2. The second-order valence-electron chi connectivity index (χ2n) is 15.5. The number of H-pyrrole nitrogens is 1. The Morgan fingerprint density at radius 1 is 1.03 bits per heavy atom. The molecule has 0 spiro atoms. The van der Waals surface area contributed by atoms with E-state index in [1.165, 1.54) is 41.1 Å². The number of fused-ring (bicyclic) bond motifs is 2. The van der Waals surface area contributed by atoms with Crippen molar-refractivity contribution in [3.63, 3.8) is 0 Å². The molecular formula is C43H48BrN10O12PS. The van der Waals surface area contributed by atoms with Crippen LogP contribution in [0.4, 0.5) is 23.1 Å². The van der Waals surface area contributed by atoms with Crippen LogP contribution < -0.4 is 42.5 Å². The Labute approximate surface area is 401 Å². The molecule has 1 saturated carbocycles. The maximum Gasteiger partial charge on any atom is 0.459 e. The first-order chi connectivity index (χ1) is 32.6. The van der Waals surface area contributed by atoms with E-state index in [-0.39, 0.29) is 42.4 Å². The number of aromatic amines is 1. The van der Waals surface area contributed by atoms with Crippen LogP contribution in [0.2, 0.25) is 0 Å². The molecule has 9 rings (SSSR count). The molecule has 4 aromatic heterocycles. The van der Waals surface area contributed by atoms with Crippen molar-refractivity contribution in [3.8, 4) is 5.75 Å². The number of carbonyl (C=O) groups is 2. The van der Waals surface area contributed by atoms with Crippen molar-refractivity contribution in [2.24, 2.45) is 0 Å². The van der Waals surface area contributed by atoms with Crippen LogP contribution in [0.3, 0.4) is 0 Å². The van der Waals surface area contributed by atoms with Gasteiger partial charge in [-0.05, 0) is 93.8 Å². The highest BCUT2D eigenvalue weighted by molar-refractivity contribution is 9.10. The van der Waals surface area contributed by atoms with E-state index < -0.39 is 49.0 Å². The van der Waals surface area contributed by atoms with E-state index in [1.54, 1.807) is 74.1 Å². The Balaban J connectivity index is 0.000000165. The van der Waals surface area contributed by atoms with Crippen LogP contribution in [0.25, 0.3) is 0 Å². The molecule has 5 aromatic rings. The first-order valence-electron chi connectivity index (χ1n) is 21.0. The monoisotopic (exact) mass is 1040 g/mol. The van der Waals surface area contributed by atoms with Crippen molar-refractivity contribution in [1.29, 1.82) is 0 Å². The van der Waals surface area contributed by atoms with Gasteiger partial charge < -0.3 is 39.8 Å². The molecule has 0 radical (unpaired) electrons. The van der Waals surface area contributed by atoms with Gasteiger partial charge in [0.15, 0.2) is 12.0 Å². The van der Waals surface area contributed by atoms with Gasteiger partial charge in [0.1, 0.15) is 41.2 Å². The normalized spacial score (nSPS) is 20.5. The van der Waals surface area contributed by atoms with Gasteiger partial charge in [0.25, 0.3) is 11.5 Å². The number of nitrogen functional groups attached to an aromatic ring is 1. The van der Waals surface area contributed by atoms with Gasteiger partial charge in [-0.3, -0.25) is 33.0 Å². The van der Waals surface area contributed by atoms with Crippen LogP contribution in [0.5, 0.6) is 5.75 Å². The molecule has 4 aliphatic rings. The zero-order valence-corrected chi connectivity index (χ0v) is 40.3. The number of aliphatic hydroxyl groups is 1. The maximum atomic E-state index is 13.4. The van der Waals surface area contributed by atoms with E-state index in [2.05, 4.69) is 55.9 Å². The topological polar surface area (TPSA) is 286 Å². The highest BCUT2D eigenvalue weighted by Crippen LogP contribution is 2.46. The molecule has 6 atom stereocenters. The zero-order valence-electron chi connectivity index (χ0n) is 37.0. The number of thioether (sulfide) groups is 1. The first kappa shape index (κ1) is 49.9. The van der Waals surface area contributed by atoms with Crippen LogP contribution in [0, 0.1) is 13.8 Å². The van der Waals surface area contributed by atoms with Gasteiger partial charge in [-0.15, -0.1) is 11.8 Å². The van der Waals surface area contributed by atoms with Crippen molar-refractivity contribution in [3.05, 3.63) is 138 Å². The Hall–Kier alpha value is -5.98. The van der Waals surface area contributed by atoms with E-state index >= 15 is 0 Å². The van der Waals surface area contributed by atoms with Gasteiger partial charge in [0.05, 0.1) is 31.6 Å². The molecule has 6 N–H and O–H groups in total. The minimum Gasteiger partial charge on any atom is -0.468 e. The molecule has 1 aromatic carbocycles. The quantitative estimate of drug-likeness (QED) is 0.0654. The standard InChI is InChI=1S/C20H23BrN3O8P.C15H14N4O.C8H11N3O3S/c1-12-10-24(20(27)22-18(12)25)17-9-8-16(31-17)11-30-33(28,23-13(2)19(26)29-3)32-15-6-4-14(21)5-7-15;1-9-6-8-17-14-12(9)18-15(20)11-3-2-7-16-13(11)19(14)10-4-5-10;9-5-1-2-11(8(13)10-5)6-4-15-7(3-12)14-6/h4-10,13,16-17H,11H2,1-3H3,(H,23,28)(H,22,25,27);2-3,6-8,10H,4-5H2,1H3,(H,18,20);1-2,6-7,12H,3-4H2,(H2,9,10,13)/t13-,16-,17+,33?;;6-,7+/m0.0/s1. The van der Waals surface area contributed by atoms with Gasteiger partial charge in [-0.25, -0.2) is 24.1 Å². The number of hydrogen-bond donors (Lipinski definition) is 5. The van der Waals surface area contributed by atoms with Crippen molar-refractivity contribution in [2.75, 3.05) is 42.0 Å². The highest BCUT2D eigenvalue weighted by atomic mass is 79.9. The molecule has 1 saturated heterocycles. The van der Waals surface area contributed by atoms with Crippen molar-refractivity contribution in [2.45, 2.75) is 69.7 Å². The van der Waals surface area contributed by atoms with E-state index in [9.17, 15) is 28.5 Å². The number of aryl methyl sites for hydroxylation is 2. The average molecular weight is 1040 g/mol. The van der Waals surface area contributed by atoms with Crippen LogP contribution in [-0.2, 0) is 28.1 Å². The lowest BCUT2D eigenvalue weighted by molar-refractivity contribution is -0.142. The summed E-state index contributed by atoms with van der Waals surface area (Å²) in [6.07, 6.45) is 10.1. The minimum atomic E-state index is -4.04. The van der Waals surface area contributed by atoms with Gasteiger partial charge in [-0.2, -0.15) is 10.1 Å². The number of rotatable bonds is 12. The average Bonchev–Trinajstić information content (AvgIpc) is 3.87. The van der Waals surface area contributed by atoms with Crippen LogP contribution in [-0.4, -0.2) is 95.8 Å². The number of halogens is 1. The van der Waals surface area contributed by atoms with Crippen molar-refractivity contribution < 1.29 is 42.5 Å². The highest BCUT2D eigenvalue weighted by Gasteiger charge is 2.38. The fourth-order valence-electron chi connectivity index (χ4n) is 6.82. The third kappa shape index (κ3) is 12.2. The second-order valence-corrected chi connectivity index (χ2v) is 19.3. The Morgan fingerprint density at radius 3 is 2.47 bits per heavy atom. The molecule has 0 bridgehead atoms. The Morgan fingerprint density at radius 2 is 1.78 bits per heavy atom. The molecular weight excluding hydrogens is 991 g/mol. The number of nitrogens with two attached hydrogens (primary N) is 1. The molecule has 1 amide bonds. The Bertz CT molecular complexity index is 2900. The Kier molecular flexibility index (Phi) is 16.1. The molecule has 22 nitrogen and oxygen atoms in total. The number of aliphatic hydroxyl groups excluding tert-OH is 1. The molecule has 2 fully saturated rings. The lowest BCUT2D eigenvalue weighted by Crippen LogP contribution is -2.35. The van der Waals surface area contributed by atoms with Crippen molar-refractivity contribution >= 4 is 70.5 Å². The number of ether oxygens (including phenoxy) is 3. The van der Waals surface area contributed by atoms with Crippen LogP contribution in [0.15, 0.2) is 104 Å². The third-order valence-electron chi connectivity index (χ3n) is 10.4. The number of esters is 1. The molecule has 360 valence electrons. The number of nitrogens with zero attached hydrogens (tertiary/aromatic N) is 6. The molecule has 68 heavy (non-hydrogen) atoms. The predicted octanol–water partition coefficient (Wildman–Crippen LogP) is 4.47. The molecule has 25 heteroatoms. The van der Waals surface area contributed by atoms with E-state index in [1.807, 2.05) is 19.1 Å². The number of amides is 1. The minimum absolute atomic E-state index is 0.0572. The summed E-state index contributed by atoms with van der Waals surface area (Å²) in [5.74, 6) is 1.82. The van der Waals surface area contributed by atoms with E-state index in [4.69, 9.17) is 29.4 Å². The number of benzene rings is 1. The maximum absolute atomic E-state index is 13.4. The van der Waals surface area contributed by atoms with Gasteiger partial charge >= 0.3 is 25.1 Å². The van der Waals surface area contributed by atoms with Gasteiger partial charge in [-0.1, -0.05) is 22.0 Å². The third-order valence-corrected chi connectivity index (χ3v) is 13.7.